The zero-order chi connectivity index (χ0) is 17.7. The van der Waals surface area contributed by atoms with E-state index in [1.807, 2.05) is 33.8 Å². The lowest BCUT2D eigenvalue weighted by Gasteiger charge is -2.23. The Morgan fingerprint density at radius 2 is 1.92 bits per heavy atom. The highest BCUT2D eigenvalue weighted by Crippen LogP contribution is 2.28. The summed E-state index contributed by atoms with van der Waals surface area (Å²) < 4.78 is 5.13. The van der Waals surface area contributed by atoms with E-state index in [9.17, 15) is 4.79 Å². The van der Waals surface area contributed by atoms with Crippen molar-refractivity contribution in [3.63, 3.8) is 0 Å². The highest BCUT2D eigenvalue weighted by atomic mass is 16.5. The quantitative estimate of drug-likeness (QED) is 0.789. The van der Waals surface area contributed by atoms with Gasteiger partial charge in [0.15, 0.2) is 0 Å². The standard InChI is InChI=1S/C16H20N4O2.C2H6/c1-4-12-15-13(9-10(2)17-12)18-11(3)19-16(15)20-6-5-14(21)22-8-7-20;1-2/h9H,4-8H2,1-3H3;1-2H3. The molecule has 6 heteroatoms. The number of esters is 1. The Kier molecular flexibility index (Phi) is 6.06. The van der Waals surface area contributed by atoms with Gasteiger partial charge in [-0.1, -0.05) is 20.8 Å². The molecule has 1 aliphatic heterocycles. The maximum atomic E-state index is 11.5. The normalized spacial score (nSPS) is 14.7. The van der Waals surface area contributed by atoms with Gasteiger partial charge in [-0.3, -0.25) is 9.78 Å². The van der Waals surface area contributed by atoms with E-state index >= 15 is 0 Å². The van der Waals surface area contributed by atoms with E-state index in [0.717, 1.165) is 40.4 Å². The van der Waals surface area contributed by atoms with Gasteiger partial charge in [0.25, 0.3) is 0 Å². The molecule has 0 aliphatic carbocycles. The molecule has 130 valence electrons. The molecule has 0 aromatic carbocycles. The molecule has 0 bridgehead atoms. The van der Waals surface area contributed by atoms with Crippen molar-refractivity contribution in [2.75, 3.05) is 24.6 Å². The lowest BCUT2D eigenvalue weighted by molar-refractivity contribution is -0.142. The number of hydrogen-bond acceptors (Lipinski definition) is 6. The third kappa shape index (κ3) is 3.80. The van der Waals surface area contributed by atoms with Crippen molar-refractivity contribution in [2.24, 2.45) is 0 Å². The van der Waals surface area contributed by atoms with Gasteiger partial charge in [-0.2, -0.15) is 0 Å². The fourth-order valence-electron chi connectivity index (χ4n) is 2.84. The molecule has 1 saturated heterocycles. The number of hydrogen-bond donors (Lipinski definition) is 0. The van der Waals surface area contributed by atoms with Crippen LogP contribution in [0.2, 0.25) is 0 Å². The second-order valence-electron chi connectivity index (χ2n) is 5.51. The summed E-state index contributed by atoms with van der Waals surface area (Å²) in [5.74, 6) is 1.44. The van der Waals surface area contributed by atoms with E-state index in [1.165, 1.54) is 0 Å². The maximum absolute atomic E-state index is 11.5. The molecule has 0 N–H and O–H groups in total. The molecule has 24 heavy (non-hydrogen) atoms. The van der Waals surface area contributed by atoms with Crippen molar-refractivity contribution in [1.29, 1.82) is 0 Å². The minimum absolute atomic E-state index is 0.151. The summed E-state index contributed by atoms with van der Waals surface area (Å²) >= 11 is 0. The van der Waals surface area contributed by atoms with Crippen LogP contribution in [0.25, 0.3) is 10.9 Å². The molecule has 0 unspecified atom stereocenters. The zero-order valence-corrected chi connectivity index (χ0v) is 15.2. The first-order chi connectivity index (χ1) is 11.6. The number of aryl methyl sites for hydroxylation is 3. The van der Waals surface area contributed by atoms with E-state index in [0.29, 0.717) is 26.1 Å². The third-order valence-electron chi connectivity index (χ3n) is 3.82. The zero-order valence-electron chi connectivity index (χ0n) is 15.2. The first kappa shape index (κ1) is 18.1. The monoisotopic (exact) mass is 330 g/mol. The molecule has 0 radical (unpaired) electrons. The Morgan fingerprint density at radius 1 is 1.17 bits per heavy atom. The SMILES string of the molecule is CC.CCc1nc(C)cc2nc(C)nc(N3CCOC(=O)CC3)c12. The third-order valence-corrected chi connectivity index (χ3v) is 3.82. The Hall–Kier alpha value is -2.24. The highest BCUT2D eigenvalue weighted by Gasteiger charge is 2.21. The number of ether oxygens (including phenoxy) is 1. The molecule has 2 aromatic heterocycles. The molecule has 1 fully saturated rings. The second kappa shape index (κ2) is 8.04. The lowest BCUT2D eigenvalue weighted by Crippen LogP contribution is -2.27. The van der Waals surface area contributed by atoms with Gasteiger partial charge in [-0.25, -0.2) is 9.97 Å². The summed E-state index contributed by atoms with van der Waals surface area (Å²) in [6.07, 6.45) is 1.20. The van der Waals surface area contributed by atoms with Crippen LogP contribution in [0.5, 0.6) is 0 Å². The molecule has 3 rings (SSSR count). The number of pyridine rings is 1. The van der Waals surface area contributed by atoms with Gasteiger partial charge in [0.2, 0.25) is 0 Å². The average molecular weight is 330 g/mol. The molecule has 2 aromatic rings. The number of nitrogens with zero attached hydrogens (tertiary/aromatic N) is 4. The summed E-state index contributed by atoms with van der Waals surface area (Å²) in [5.41, 5.74) is 2.88. The van der Waals surface area contributed by atoms with Gasteiger partial charge < -0.3 is 9.64 Å². The van der Waals surface area contributed by atoms with Crippen LogP contribution in [0.3, 0.4) is 0 Å². The van der Waals surface area contributed by atoms with Crippen LogP contribution in [-0.4, -0.2) is 40.6 Å². The number of carbonyl (C=O) groups excluding carboxylic acids is 1. The molecule has 0 saturated carbocycles. The summed E-state index contributed by atoms with van der Waals surface area (Å²) in [7, 11) is 0. The van der Waals surface area contributed by atoms with Crippen LogP contribution in [0.4, 0.5) is 5.82 Å². The Balaban J connectivity index is 0.00000100. The van der Waals surface area contributed by atoms with E-state index in [1.54, 1.807) is 0 Å². The van der Waals surface area contributed by atoms with Crippen LogP contribution in [0.15, 0.2) is 6.07 Å². The topological polar surface area (TPSA) is 68.2 Å². The van der Waals surface area contributed by atoms with E-state index in [4.69, 9.17) is 4.74 Å². The summed E-state index contributed by atoms with van der Waals surface area (Å²) in [4.78, 5) is 27.4. The number of aromatic nitrogens is 3. The van der Waals surface area contributed by atoms with Crippen molar-refractivity contribution in [1.82, 2.24) is 15.0 Å². The minimum Gasteiger partial charge on any atom is -0.464 e. The fourth-order valence-corrected chi connectivity index (χ4v) is 2.84. The van der Waals surface area contributed by atoms with Crippen LogP contribution in [0, 0.1) is 13.8 Å². The summed E-state index contributed by atoms with van der Waals surface area (Å²) in [6.45, 7) is 11.6. The van der Waals surface area contributed by atoms with Crippen molar-refractivity contribution in [3.8, 4) is 0 Å². The van der Waals surface area contributed by atoms with Crippen molar-refractivity contribution < 1.29 is 9.53 Å². The molecule has 6 nitrogen and oxygen atoms in total. The number of carbonyl (C=O) groups is 1. The number of anilines is 1. The predicted octanol–water partition coefficient (Wildman–Crippen LogP) is 2.98. The summed E-state index contributed by atoms with van der Waals surface area (Å²) in [6, 6.07) is 1.99. The largest absolute Gasteiger partial charge is 0.464 e. The molecule has 0 spiro atoms. The molecular weight excluding hydrogens is 304 g/mol. The summed E-state index contributed by atoms with van der Waals surface area (Å²) in [5, 5.41) is 0.994. The predicted molar refractivity (Wildman–Crippen MR) is 95.3 cm³/mol. The van der Waals surface area contributed by atoms with Crippen molar-refractivity contribution in [3.05, 3.63) is 23.3 Å². The highest BCUT2D eigenvalue weighted by molar-refractivity contribution is 5.92. The smallest absolute Gasteiger partial charge is 0.307 e. The van der Waals surface area contributed by atoms with Crippen molar-refractivity contribution in [2.45, 2.75) is 47.5 Å². The van der Waals surface area contributed by atoms with Crippen LogP contribution >= 0.6 is 0 Å². The molecular formula is C18H26N4O2. The van der Waals surface area contributed by atoms with Gasteiger partial charge in [0, 0.05) is 12.2 Å². The Morgan fingerprint density at radius 3 is 2.62 bits per heavy atom. The van der Waals surface area contributed by atoms with Gasteiger partial charge in [0.1, 0.15) is 18.2 Å². The molecule has 0 atom stereocenters. The van der Waals surface area contributed by atoms with Crippen molar-refractivity contribution >= 4 is 22.7 Å². The minimum atomic E-state index is -0.151. The fraction of sp³-hybridized carbons (Fsp3) is 0.556. The number of rotatable bonds is 2. The van der Waals surface area contributed by atoms with E-state index < -0.39 is 0 Å². The van der Waals surface area contributed by atoms with E-state index in [-0.39, 0.29) is 5.97 Å². The second-order valence-corrected chi connectivity index (χ2v) is 5.51. The lowest BCUT2D eigenvalue weighted by atomic mass is 10.1. The number of fused-ring (bicyclic) bond motifs is 1. The first-order valence-electron chi connectivity index (χ1n) is 8.64. The van der Waals surface area contributed by atoms with Gasteiger partial charge in [-0.05, 0) is 26.3 Å². The Labute approximate surface area is 143 Å². The maximum Gasteiger partial charge on any atom is 0.307 e. The van der Waals surface area contributed by atoms with E-state index in [2.05, 4.69) is 26.8 Å². The van der Waals surface area contributed by atoms with Crippen LogP contribution in [0.1, 0.15) is 44.4 Å². The number of cyclic esters (lactones) is 1. The van der Waals surface area contributed by atoms with Crippen LogP contribution < -0.4 is 4.90 Å². The average Bonchev–Trinajstić information content (AvgIpc) is 2.79. The Bertz CT molecular complexity index is 725. The molecule has 1 aliphatic rings. The van der Waals surface area contributed by atoms with Gasteiger partial charge in [-0.15, -0.1) is 0 Å². The molecule has 3 heterocycles. The molecule has 0 amide bonds. The van der Waals surface area contributed by atoms with Gasteiger partial charge >= 0.3 is 5.97 Å². The first-order valence-corrected chi connectivity index (χ1v) is 8.64. The van der Waals surface area contributed by atoms with Gasteiger partial charge in [0.05, 0.1) is 29.6 Å². The van der Waals surface area contributed by atoms with Crippen LogP contribution in [-0.2, 0) is 16.0 Å².